The van der Waals surface area contributed by atoms with Crippen molar-refractivity contribution in [1.82, 2.24) is 10.6 Å². The molecule has 18 heavy (non-hydrogen) atoms. The number of benzene rings is 1. The van der Waals surface area contributed by atoms with Gasteiger partial charge in [0.05, 0.1) is 0 Å². The molecule has 1 aromatic carbocycles. The van der Waals surface area contributed by atoms with Crippen molar-refractivity contribution in [3.63, 3.8) is 0 Å². The van der Waals surface area contributed by atoms with E-state index in [-0.39, 0.29) is 6.03 Å². The Balaban J connectivity index is 2.43. The Morgan fingerprint density at radius 2 is 2.00 bits per heavy atom. The fourth-order valence-electron chi connectivity index (χ4n) is 1.38. The monoisotopic (exact) mass is 246 g/mol. The van der Waals surface area contributed by atoms with Gasteiger partial charge in [-0.3, -0.25) is 0 Å². The summed E-state index contributed by atoms with van der Waals surface area (Å²) in [7, 11) is 0. The second-order valence-electron chi connectivity index (χ2n) is 4.80. The number of carbonyl (C=O) groups excluding carboxylic acids is 1. The van der Waals surface area contributed by atoms with E-state index >= 15 is 0 Å². The lowest BCUT2D eigenvalue weighted by atomic mass is 10.1. The third-order valence-electron chi connectivity index (χ3n) is 3.04. The van der Waals surface area contributed by atoms with E-state index in [1.807, 2.05) is 38.1 Å². The quantitative estimate of drug-likeness (QED) is 0.840. The third kappa shape index (κ3) is 4.62. The average Bonchev–Trinajstić information content (AvgIpc) is 2.34. The zero-order valence-electron chi connectivity index (χ0n) is 11.6. The normalized spacial score (nSPS) is 11.5. The van der Waals surface area contributed by atoms with Crippen molar-refractivity contribution < 1.29 is 4.79 Å². The van der Waals surface area contributed by atoms with Crippen molar-refractivity contribution in [3.05, 3.63) is 47.2 Å². The van der Waals surface area contributed by atoms with Gasteiger partial charge in [0.1, 0.15) is 0 Å². The van der Waals surface area contributed by atoms with Crippen LogP contribution in [0.4, 0.5) is 4.79 Å². The van der Waals surface area contributed by atoms with Gasteiger partial charge < -0.3 is 10.6 Å². The van der Waals surface area contributed by atoms with Gasteiger partial charge >= 0.3 is 6.03 Å². The number of rotatable bonds is 4. The second-order valence-corrected chi connectivity index (χ2v) is 4.80. The van der Waals surface area contributed by atoms with E-state index in [4.69, 9.17) is 0 Å². The summed E-state index contributed by atoms with van der Waals surface area (Å²) in [6.45, 7) is 8.79. The van der Waals surface area contributed by atoms with Gasteiger partial charge in [0.2, 0.25) is 0 Å². The van der Waals surface area contributed by atoms with Crippen molar-refractivity contribution >= 4 is 6.03 Å². The van der Waals surface area contributed by atoms with Crippen LogP contribution in [-0.2, 0) is 6.54 Å². The van der Waals surface area contributed by atoms with Crippen molar-refractivity contribution in [1.29, 1.82) is 0 Å². The van der Waals surface area contributed by atoms with E-state index < -0.39 is 0 Å². The SMILES string of the molecule is C/C(=C\NC(=O)NCc1ccccc1C)C(C)C. The van der Waals surface area contributed by atoms with Gasteiger partial charge in [-0.2, -0.15) is 0 Å². The fraction of sp³-hybridized carbons (Fsp3) is 0.400. The summed E-state index contributed by atoms with van der Waals surface area (Å²) >= 11 is 0. The minimum Gasteiger partial charge on any atom is -0.334 e. The standard InChI is InChI=1S/C15H22N2O/c1-11(2)13(4)9-16-15(18)17-10-14-8-6-5-7-12(14)3/h5-9,11H,10H2,1-4H3,(H2,16,17,18)/b13-9+. The maximum absolute atomic E-state index is 11.6. The molecular weight excluding hydrogens is 224 g/mol. The number of hydrogen-bond donors (Lipinski definition) is 2. The Labute approximate surface area is 109 Å². The van der Waals surface area contributed by atoms with Crippen LogP contribution >= 0.6 is 0 Å². The van der Waals surface area contributed by atoms with Crippen LogP contribution in [0, 0.1) is 12.8 Å². The molecule has 1 aromatic rings. The summed E-state index contributed by atoms with van der Waals surface area (Å²) < 4.78 is 0. The smallest absolute Gasteiger partial charge is 0.319 e. The molecule has 1 rings (SSSR count). The molecule has 3 nitrogen and oxygen atoms in total. The van der Waals surface area contributed by atoms with Crippen LogP contribution < -0.4 is 10.6 Å². The Morgan fingerprint density at radius 1 is 1.33 bits per heavy atom. The first-order chi connectivity index (χ1) is 8.50. The van der Waals surface area contributed by atoms with Crippen LogP contribution in [0.25, 0.3) is 0 Å². The molecule has 0 aliphatic rings. The highest BCUT2D eigenvalue weighted by Gasteiger charge is 2.01. The zero-order chi connectivity index (χ0) is 13.5. The minimum absolute atomic E-state index is 0.168. The molecule has 0 atom stereocenters. The summed E-state index contributed by atoms with van der Waals surface area (Å²) in [5, 5.41) is 5.58. The molecule has 0 fully saturated rings. The van der Waals surface area contributed by atoms with Gasteiger partial charge in [-0.25, -0.2) is 4.79 Å². The van der Waals surface area contributed by atoms with Crippen LogP contribution in [0.1, 0.15) is 31.9 Å². The van der Waals surface area contributed by atoms with Crippen LogP contribution in [0.2, 0.25) is 0 Å². The van der Waals surface area contributed by atoms with Crippen LogP contribution in [0.5, 0.6) is 0 Å². The molecule has 98 valence electrons. The number of hydrogen-bond acceptors (Lipinski definition) is 1. The number of allylic oxidation sites excluding steroid dienone is 1. The van der Waals surface area contributed by atoms with E-state index in [0.29, 0.717) is 12.5 Å². The minimum atomic E-state index is -0.168. The summed E-state index contributed by atoms with van der Waals surface area (Å²) in [6.07, 6.45) is 1.76. The fourth-order valence-corrected chi connectivity index (χ4v) is 1.38. The first kappa shape index (κ1) is 14.3. The molecule has 0 aliphatic carbocycles. The number of aryl methyl sites for hydroxylation is 1. The van der Waals surface area contributed by atoms with E-state index in [9.17, 15) is 4.79 Å². The Bertz CT molecular complexity index is 436. The zero-order valence-corrected chi connectivity index (χ0v) is 11.6. The van der Waals surface area contributed by atoms with Crippen LogP contribution in [-0.4, -0.2) is 6.03 Å². The second kappa shape index (κ2) is 6.84. The maximum Gasteiger partial charge on any atom is 0.319 e. The van der Waals surface area contributed by atoms with E-state index in [1.54, 1.807) is 6.20 Å². The first-order valence-corrected chi connectivity index (χ1v) is 6.26. The van der Waals surface area contributed by atoms with Gasteiger partial charge in [-0.05, 0) is 30.9 Å². The molecular formula is C15H22N2O. The van der Waals surface area contributed by atoms with Crippen LogP contribution in [0.3, 0.4) is 0 Å². The van der Waals surface area contributed by atoms with Crippen molar-refractivity contribution in [2.75, 3.05) is 0 Å². The van der Waals surface area contributed by atoms with E-state index in [2.05, 4.69) is 24.5 Å². The van der Waals surface area contributed by atoms with Gasteiger partial charge in [-0.15, -0.1) is 0 Å². The molecule has 0 saturated carbocycles. The highest BCUT2D eigenvalue weighted by molar-refractivity contribution is 5.75. The Morgan fingerprint density at radius 3 is 2.61 bits per heavy atom. The highest BCUT2D eigenvalue weighted by Crippen LogP contribution is 2.07. The molecule has 3 heteroatoms. The number of carbonyl (C=O) groups is 1. The molecule has 2 N–H and O–H groups in total. The van der Waals surface area contributed by atoms with Crippen molar-refractivity contribution in [2.24, 2.45) is 5.92 Å². The molecule has 0 unspecified atom stereocenters. The topological polar surface area (TPSA) is 41.1 Å². The first-order valence-electron chi connectivity index (χ1n) is 6.26. The lowest BCUT2D eigenvalue weighted by Crippen LogP contribution is -2.32. The Hall–Kier alpha value is -1.77. The molecule has 2 amide bonds. The predicted octanol–water partition coefficient (Wildman–Crippen LogP) is 3.35. The van der Waals surface area contributed by atoms with Crippen LogP contribution in [0.15, 0.2) is 36.0 Å². The molecule has 0 spiro atoms. The summed E-state index contributed by atoms with van der Waals surface area (Å²) in [5.41, 5.74) is 3.48. The molecule has 0 aromatic heterocycles. The van der Waals surface area contributed by atoms with Gasteiger partial charge in [0.15, 0.2) is 0 Å². The number of urea groups is 1. The van der Waals surface area contributed by atoms with E-state index in [1.165, 1.54) is 5.56 Å². The largest absolute Gasteiger partial charge is 0.334 e. The van der Waals surface area contributed by atoms with Gasteiger partial charge in [0.25, 0.3) is 0 Å². The molecule has 0 bridgehead atoms. The predicted molar refractivity (Wildman–Crippen MR) is 75.1 cm³/mol. The lowest BCUT2D eigenvalue weighted by molar-refractivity contribution is 0.243. The van der Waals surface area contributed by atoms with Crippen molar-refractivity contribution in [3.8, 4) is 0 Å². The number of amides is 2. The van der Waals surface area contributed by atoms with Gasteiger partial charge in [0, 0.05) is 12.7 Å². The summed E-state index contributed by atoms with van der Waals surface area (Å²) in [6, 6.07) is 7.86. The summed E-state index contributed by atoms with van der Waals surface area (Å²) in [5.74, 6) is 0.446. The third-order valence-corrected chi connectivity index (χ3v) is 3.04. The van der Waals surface area contributed by atoms with E-state index in [0.717, 1.165) is 11.1 Å². The molecule has 0 saturated heterocycles. The molecule has 0 heterocycles. The summed E-state index contributed by atoms with van der Waals surface area (Å²) in [4.78, 5) is 11.6. The van der Waals surface area contributed by atoms with Crippen molar-refractivity contribution in [2.45, 2.75) is 34.2 Å². The molecule has 0 radical (unpaired) electrons. The lowest BCUT2D eigenvalue weighted by Gasteiger charge is -2.09. The highest BCUT2D eigenvalue weighted by atomic mass is 16.2. The molecule has 0 aliphatic heterocycles. The van der Waals surface area contributed by atoms with Gasteiger partial charge in [-0.1, -0.05) is 43.7 Å². The maximum atomic E-state index is 11.6. The number of nitrogens with one attached hydrogen (secondary N) is 2. The Kier molecular flexibility index (Phi) is 5.43. The average molecular weight is 246 g/mol.